The first-order valence-corrected chi connectivity index (χ1v) is 7.68. The molecule has 22 heavy (non-hydrogen) atoms. The van der Waals surface area contributed by atoms with Crippen LogP contribution in [-0.2, 0) is 9.53 Å². The number of carbonyl (C=O) groups excluding carboxylic acids is 2. The summed E-state index contributed by atoms with van der Waals surface area (Å²) in [5, 5.41) is 4.95. The Kier molecular flexibility index (Phi) is 4.37. The van der Waals surface area contributed by atoms with Crippen LogP contribution in [-0.4, -0.2) is 24.5 Å². The Morgan fingerprint density at radius 1 is 1.05 bits per heavy atom. The Balaban J connectivity index is 1.57. The molecule has 1 saturated carbocycles. The summed E-state index contributed by atoms with van der Waals surface area (Å²) in [4.78, 5) is 23.8. The maximum Gasteiger partial charge on any atom is 0.338 e. The normalized spacial score (nSPS) is 14.9. The summed E-state index contributed by atoms with van der Waals surface area (Å²) in [7, 11) is 0. The third kappa shape index (κ3) is 3.45. The highest BCUT2D eigenvalue weighted by Crippen LogP contribution is 2.18. The molecule has 4 heteroatoms. The Labute approximate surface area is 129 Å². The summed E-state index contributed by atoms with van der Waals surface area (Å²) in [6.45, 7) is -0.220. The van der Waals surface area contributed by atoms with Gasteiger partial charge in [0.15, 0.2) is 6.61 Å². The van der Waals surface area contributed by atoms with Gasteiger partial charge in [-0.3, -0.25) is 4.79 Å². The summed E-state index contributed by atoms with van der Waals surface area (Å²) in [6.07, 6.45) is 4.35. The lowest BCUT2D eigenvalue weighted by Crippen LogP contribution is -2.35. The zero-order valence-electron chi connectivity index (χ0n) is 12.4. The van der Waals surface area contributed by atoms with Crippen LogP contribution in [0.25, 0.3) is 10.8 Å². The van der Waals surface area contributed by atoms with Gasteiger partial charge in [0.1, 0.15) is 0 Å². The standard InChI is InChI=1S/C18H19NO3/c20-17(19-16-7-3-4-8-16)12-22-18(21)15-10-9-13-5-1-2-6-14(13)11-15/h1-2,5-6,9-11,16H,3-4,7-8,12H2,(H,19,20). The van der Waals surface area contributed by atoms with Gasteiger partial charge in [-0.2, -0.15) is 0 Å². The number of ether oxygens (including phenoxy) is 1. The monoisotopic (exact) mass is 297 g/mol. The van der Waals surface area contributed by atoms with E-state index >= 15 is 0 Å². The summed E-state index contributed by atoms with van der Waals surface area (Å²) < 4.78 is 5.10. The van der Waals surface area contributed by atoms with Crippen molar-refractivity contribution in [2.45, 2.75) is 31.7 Å². The Morgan fingerprint density at radius 3 is 2.55 bits per heavy atom. The van der Waals surface area contributed by atoms with Crippen molar-refractivity contribution in [1.82, 2.24) is 5.32 Å². The minimum absolute atomic E-state index is 0.220. The van der Waals surface area contributed by atoms with E-state index in [4.69, 9.17) is 4.74 Å². The summed E-state index contributed by atoms with van der Waals surface area (Å²) in [5.41, 5.74) is 0.465. The Hall–Kier alpha value is -2.36. The first-order valence-electron chi connectivity index (χ1n) is 7.68. The van der Waals surface area contributed by atoms with E-state index in [1.165, 1.54) is 0 Å². The molecule has 1 aliphatic carbocycles. The minimum Gasteiger partial charge on any atom is -0.452 e. The van der Waals surface area contributed by atoms with Crippen molar-refractivity contribution < 1.29 is 14.3 Å². The molecule has 0 spiro atoms. The molecule has 1 N–H and O–H groups in total. The van der Waals surface area contributed by atoms with Crippen LogP contribution in [0.15, 0.2) is 42.5 Å². The number of carbonyl (C=O) groups is 2. The highest BCUT2D eigenvalue weighted by atomic mass is 16.5. The molecule has 0 unspecified atom stereocenters. The fourth-order valence-electron chi connectivity index (χ4n) is 2.87. The third-order valence-electron chi connectivity index (χ3n) is 4.04. The van der Waals surface area contributed by atoms with Gasteiger partial charge in [-0.1, -0.05) is 43.2 Å². The molecule has 0 heterocycles. The van der Waals surface area contributed by atoms with Crippen LogP contribution in [0.1, 0.15) is 36.0 Å². The number of amides is 1. The highest BCUT2D eigenvalue weighted by molar-refractivity contribution is 5.96. The average Bonchev–Trinajstić information content (AvgIpc) is 3.05. The molecule has 0 aliphatic heterocycles. The van der Waals surface area contributed by atoms with Gasteiger partial charge in [-0.15, -0.1) is 0 Å². The van der Waals surface area contributed by atoms with Gasteiger partial charge >= 0.3 is 5.97 Å². The van der Waals surface area contributed by atoms with Crippen LogP contribution >= 0.6 is 0 Å². The van der Waals surface area contributed by atoms with E-state index in [2.05, 4.69) is 5.32 Å². The molecule has 4 nitrogen and oxygen atoms in total. The fourth-order valence-corrected chi connectivity index (χ4v) is 2.87. The zero-order valence-corrected chi connectivity index (χ0v) is 12.4. The smallest absolute Gasteiger partial charge is 0.338 e. The predicted molar refractivity (Wildman–Crippen MR) is 84.6 cm³/mol. The average molecular weight is 297 g/mol. The SMILES string of the molecule is O=C(COC(=O)c1ccc2ccccc2c1)NC1CCCC1. The van der Waals surface area contributed by atoms with E-state index in [9.17, 15) is 9.59 Å². The van der Waals surface area contributed by atoms with Gasteiger partial charge in [-0.05, 0) is 35.7 Å². The van der Waals surface area contributed by atoms with Crippen LogP contribution in [0.2, 0.25) is 0 Å². The van der Waals surface area contributed by atoms with Crippen molar-refractivity contribution >= 4 is 22.6 Å². The second-order valence-electron chi connectivity index (χ2n) is 5.69. The van der Waals surface area contributed by atoms with Crippen molar-refractivity contribution in [3.8, 4) is 0 Å². The largest absolute Gasteiger partial charge is 0.452 e. The van der Waals surface area contributed by atoms with Crippen LogP contribution in [0.4, 0.5) is 0 Å². The van der Waals surface area contributed by atoms with Gasteiger partial charge in [0.25, 0.3) is 5.91 Å². The number of rotatable bonds is 4. The van der Waals surface area contributed by atoms with Gasteiger partial charge in [0.05, 0.1) is 5.56 Å². The molecule has 1 fully saturated rings. The molecule has 0 atom stereocenters. The molecular weight excluding hydrogens is 278 g/mol. The number of benzene rings is 2. The summed E-state index contributed by atoms with van der Waals surface area (Å²) >= 11 is 0. The van der Waals surface area contributed by atoms with Gasteiger partial charge in [0, 0.05) is 6.04 Å². The number of hydrogen-bond donors (Lipinski definition) is 1. The van der Waals surface area contributed by atoms with E-state index in [0.717, 1.165) is 36.5 Å². The van der Waals surface area contributed by atoms with Gasteiger partial charge < -0.3 is 10.1 Å². The third-order valence-corrected chi connectivity index (χ3v) is 4.04. The zero-order chi connectivity index (χ0) is 15.4. The number of fused-ring (bicyclic) bond motifs is 1. The molecule has 0 radical (unpaired) electrons. The van der Waals surface area contributed by atoms with E-state index in [1.807, 2.05) is 30.3 Å². The van der Waals surface area contributed by atoms with Crippen LogP contribution < -0.4 is 5.32 Å². The van der Waals surface area contributed by atoms with Crippen LogP contribution in [0.3, 0.4) is 0 Å². The number of nitrogens with one attached hydrogen (secondary N) is 1. The van der Waals surface area contributed by atoms with Crippen molar-refractivity contribution in [3.05, 3.63) is 48.0 Å². The molecule has 0 bridgehead atoms. The second kappa shape index (κ2) is 6.60. The van der Waals surface area contributed by atoms with E-state index < -0.39 is 5.97 Å². The maximum atomic E-state index is 12.0. The topological polar surface area (TPSA) is 55.4 Å². The lowest BCUT2D eigenvalue weighted by Gasteiger charge is -2.12. The lowest BCUT2D eigenvalue weighted by atomic mass is 10.1. The molecule has 1 amide bonds. The first-order chi connectivity index (χ1) is 10.7. The van der Waals surface area contributed by atoms with Crippen molar-refractivity contribution in [2.75, 3.05) is 6.61 Å². The first kappa shape index (κ1) is 14.6. The van der Waals surface area contributed by atoms with Crippen molar-refractivity contribution in [2.24, 2.45) is 0 Å². The van der Waals surface area contributed by atoms with Crippen LogP contribution in [0.5, 0.6) is 0 Å². The maximum absolute atomic E-state index is 12.0. The fraction of sp³-hybridized carbons (Fsp3) is 0.333. The second-order valence-corrected chi connectivity index (χ2v) is 5.69. The van der Waals surface area contributed by atoms with E-state index in [0.29, 0.717) is 5.56 Å². The Morgan fingerprint density at radius 2 is 1.77 bits per heavy atom. The van der Waals surface area contributed by atoms with Crippen LogP contribution in [0, 0.1) is 0 Å². The molecular formula is C18H19NO3. The molecule has 114 valence electrons. The molecule has 2 aromatic rings. The highest BCUT2D eigenvalue weighted by Gasteiger charge is 2.18. The molecule has 0 saturated heterocycles. The van der Waals surface area contributed by atoms with Crippen molar-refractivity contribution in [3.63, 3.8) is 0 Å². The van der Waals surface area contributed by atoms with Gasteiger partial charge in [0.2, 0.25) is 0 Å². The molecule has 2 aromatic carbocycles. The molecule has 1 aliphatic rings. The van der Waals surface area contributed by atoms with E-state index in [1.54, 1.807) is 12.1 Å². The minimum atomic E-state index is -0.465. The molecule has 3 rings (SSSR count). The molecule has 0 aromatic heterocycles. The summed E-state index contributed by atoms with van der Waals surface area (Å²) in [5.74, 6) is -0.687. The quantitative estimate of drug-likeness (QED) is 0.882. The lowest BCUT2D eigenvalue weighted by molar-refractivity contribution is -0.124. The summed E-state index contributed by atoms with van der Waals surface area (Å²) in [6, 6.07) is 13.4. The van der Waals surface area contributed by atoms with Crippen molar-refractivity contribution in [1.29, 1.82) is 0 Å². The Bertz CT molecular complexity index is 690. The van der Waals surface area contributed by atoms with Gasteiger partial charge in [-0.25, -0.2) is 4.79 Å². The number of esters is 1. The predicted octanol–water partition coefficient (Wildman–Crippen LogP) is 3.06. The van der Waals surface area contributed by atoms with E-state index in [-0.39, 0.29) is 18.6 Å². The number of hydrogen-bond acceptors (Lipinski definition) is 3.